The van der Waals surface area contributed by atoms with E-state index in [0.29, 0.717) is 19.1 Å². The number of aliphatic imine (C=N–C) groups is 1. The van der Waals surface area contributed by atoms with E-state index in [1.165, 1.54) is 6.07 Å². The van der Waals surface area contributed by atoms with Crippen LogP contribution in [0.15, 0.2) is 41.4 Å². The van der Waals surface area contributed by atoms with Gasteiger partial charge in [-0.05, 0) is 49.7 Å². The summed E-state index contributed by atoms with van der Waals surface area (Å²) in [5, 5.41) is 6.50. The second-order valence-corrected chi connectivity index (χ2v) is 6.10. The first-order chi connectivity index (χ1) is 13.5. The molecule has 0 fully saturated rings. The highest BCUT2D eigenvalue weighted by Crippen LogP contribution is 2.29. The highest BCUT2D eigenvalue weighted by atomic mass is 19.1. The summed E-state index contributed by atoms with van der Waals surface area (Å²) in [5.41, 5.74) is 1.73. The first-order valence-corrected chi connectivity index (χ1v) is 9.12. The Balaban J connectivity index is 2.04. The number of halogens is 1. The second-order valence-electron chi connectivity index (χ2n) is 6.10. The van der Waals surface area contributed by atoms with Crippen molar-refractivity contribution in [2.24, 2.45) is 4.99 Å². The molecule has 2 rings (SSSR count). The van der Waals surface area contributed by atoms with Crippen molar-refractivity contribution in [2.45, 2.75) is 26.4 Å². The summed E-state index contributed by atoms with van der Waals surface area (Å²) in [6, 6.07) is 10.5. The second kappa shape index (κ2) is 10.4. The summed E-state index contributed by atoms with van der Waals surface area (Å²) in [4.78, 5) is 4.24. The number of ether oxygens (including phenoxy) is 3. The van der Waals surface area contributed by atoms with E-state index in [0.717, 1.165) is 22.6 Å². The van der Waals surface area contributed by atoms with Crippen LogP contribution < -0.4 is 24.8 Å². The molecule has 7 heteroatoms. The van der Waals surface area contributed by atoms with Gasteiger partial charge in [-0.25, -0.2) is 4.39 Å². The molecular weight excluding hydrogens is 361 g/mol. The van der Waals surface area contributed by atoms with E-state index < -0.39 is 0 Å². The predicted molar refractivity (Wildman–Crippen MR) is 109 cm³/mol. The van der Waals surface area contributed by atoms with Crippen LogP contribution >= 0.6 is 0 Å². The summed E-state index contributed by atoms with van der Waals surface area (Å²) < 4.78 is 30.0. The Morgan fingerprint density at radius 2 is 1.86 bits per heavy atom. The van der Waals surface area contributed by atoms with Crippen molar-refractivity contribution >= 4 is 5.96 Å². The predicted octanol–water partition coefficient (Wildman–Crippen LogP) is 3.67. The van der Waals surface area contributed by atoms with Crippen LogP contribution in [-0.2, 0) is 6.54 Å². The van der Waals surface area contributed by atoms with Crippen molar-refractivity contribution in [2.75, 3.05) is 27.9 Å². The van der Waals surface area contributed by atoms with Gasteiger partial charge < -0.3 is 24.8 Å². The van der Waals surface area contributed by atoms with Crippen LogP contribution in [0.25, 0.3) is 0 Å². The molecule has 0 aliphatic carbocycles. The molecule has 2 aromatic carbocycles. The first-order valence-electron chi connectivity index (χ1n) is 9.12. The van der Waals surface area contributed by atoms with Crippen molar-refractivity contribution in [3.63, 3.8) is 0 Å². The van der Waals surface area contributed by atoms with Crippen LogP contribution in [-0.4, -0.2) is 33.8 Å². The van der Waals surface area contributed by atoms with Crippen LogP contribution in [0, 0.1) is 5.82 Å². The number of hydrogen-bond donors (Lipinski definition) is 2. The Bertz CT molecular complexity index is 811. The quantitative estimate of drug-likeness (QED) is 0.533. The Kier molecular flexibility index (Phi) is 7.92. The lowest BCUT2D eigenvalue weighted by molar-refractivity contribution is 0.321. The molecule has 2 N–H and O–H groups in total. The number of rotatable bonds is 8. The van der Waals surface area contributed by atoms with Gasteiger partial charge in [-0.3, -0.25) is 4.99 Å². The molecule has 2 aromatic rings. The molecule has 0 bridgehead atoms. The third kappa shape index (κ3) is 5.52. The van der Waals surface area contributed by atoms with Gasteiger partial charge in [-0.15, -0.1) is 0 Å². The molecule has 152 valence electrons. The summed E-state index contributed by atoms with van der Waals surface area (Å²) in [6.45, 7) is 4.67. The molecule has 0 spiro atoms. The average molecular weight is 389 g/mol. The minimum absolute atomic E-state index is 0.0895. The number of guanidine groups is 1. The van der Waals surface area contributed by atoms with Gasteiger partial charge in [0.25, 0.3) is 0 Å². The number of nitrogens with zero attached hydrogens (tertiary/aromatic N) is 1. The lowest BCUT2D eigenvalue weighted by Gasteiger charge is -2.21. The van der Waals surface area contributed by atoms with Gasteiger partial charge in [-0.2, -0.15) is 0 Å². The Labute approximate surface area is 165 Å². The largest absolute Gasteiger partial charge is 0.497 e. The van der Waals surface area contributed by atoms with Crippen molar-refractivity contribution in [1.29, 1.82) is 0 Å². The summed E-state index contributed by atoms with van der Waals surface area (Å²) in [5.74, 6) is 1.97. The number of benzene rings is 2. The summed E-state index contributed by atoms with van der Waals surface area (Å²) in [6.07, 6.45) is 0. The first kappa shape index (κ1) is 21.3. The SMILES string of the molecule is CCOc1ccc(CNC(=NC)NC(C)c2cc(OC)ccc2OC)cc1F. The topological polar surface area (TPSA) is 64.1 Å². The van der Waals surface area contributed by atoms with Crippen molar-refractivity contribution in [3.8, 4) is 17.2 Å². The van der Waals surface area contributed by atoms with E-state index in [9.17, 15) is 4.39 Å². The van der Waals surface area contributed by atoms with E-state index in [-0.39, 0.29) is 17.6 Å². The smallest absolute Gasteiger partial charge is 0.191 e. The van der Waals surface area contributed by atoms with Crippen LogP contribution in [0.4, 0.5) is 4.39 Å². The molecule has 0 heterocycles. The maximum Gasteiger partial charge on any atom is 0.191 e. The number of hydrogen-bond acceptors (Lipinski definition) is 4. The summed E-state index contributed by atoms with van der Waals surface area (Å²) in [7, 11) is 4.94. The van der Waals surface area contributed by atoms with Gasteiger partial charge in [-0.1, -0.05) is 6.07 Å². The Morgan fingerprint density at radius 1 is 1.11 bits per heavy atom. The fraction of sp³-hybridized carbons (Fsp3) is 0.381. The molecule has 0 aliphatic heterocycles. The van der Waals surface area contributed by atoms with Gasteiger partial charge in [0.1, 0.15) is 11.5 Å². The van der Waals surface area contributed by atoms with E-state index >= 15 is 0 Å². The molecule has 0 radical (unpaired) electrons. The normalized spacial score (nSPS) is 12.3. The van der Waals surface area contributed by atoms with E-state index in [4.69, 9.17) is 14.2 Å². The van der Waals surface area contributed by atoms with Gasteiger partial charge in [0.2, 0.25) is 0 Å². The molecule has 6 nitrogen and oxygen atoms in total. The molecule has 0 aromatic heterocycles. The third-order valence-electron chi connectivity index (χ3n) is 4.24. The molecule has 0 aliphatic rings. The molecule has 0 saturated heterocycles. The Morgan fingerprint density at radius 3 is 2.46 bits per heavy atom. The highest BCUT2D eigenvalue weighted by Gasteiger charge is 2.14. The lowest BCUT2D eigenvalue weighted by Crippen LogP contribution is -2.38. The average Bonchev–Trinajstić information content (AvgIpc) is 2.72. The summed E-state index contributed by atoms with van der Waals surface area (Å²) >= 11 is 0. The van der Waals surface area contributed by atoms with Gasteiger partial charge in [0.15, 0.2) is 17.5 Å². The van der Waals surface area contributed by atoms with Crippen molar-refractivity contribution < 1.29 is 18.6 Å². The Hall–Kier alpha value is -2.96. The molecule has 1 unspecified atom stereocenters. The maximum absolute atomic E-state index is 14.0. The minimum atomic E-state index is -0.376. The van der Waals surface area contributed by atoms with Crippen molar-refractivity contribution in [3.05, 3.63) is 53.3 Å². The number of nitrogens with one attached hydrogen (secondary N) is 2. The zero-order valence-electron chi connectivity index (χ0n) is 17.0. The fourth-order valence-electron chi connectivity index (χ4n) is 2.77. The van der Waals surface area contributed by atoms with Crippen molar-refractivity contribution in [1.82, 2.24) is 10.6 Å². The molecule has 0 saturated carbocycles. The molecule has 1 atom stereocenters. The van der Waals surface area contributed by atoms with Gasteiger partial charge >= 0.3 is 0 Å². The molecule has 0 amide bonds. The molecular formula is C21H28FN3O3. The van der Waals surface area contributed by atoms with Crippen LogP contribution in [0.3, 0.4) is 0 Å². The number of methoxy groups -OCH3 is 2. The van der Waals surface area contributed by atoms with Crippen LogP contribution in [0.5, 0.6) is 17.2 Å². The highest BCUT2D eigenvalue weighted by molar-refractivity contribution is 5.80. The zero-order valence-corrected chi connectivity index (χ0v) is 17.0. The van der Waals surface area contributed by atoms with Crippen LogP contribution in [0.2, 0.25) is 0 Å². The van der Waals surface area contributed by atoms with E-state index in [2.05, 4.69) is 15.6 Å². The minimum Gasteiger partial charge on any atom is -0.497 e. The van der Waals surface area contributed by atoms with E-state index in [1.54, 1.807) is 27.3 Å². The maximum atomic E-state index is 14.0. The standard InChI is InChI=1S/C21H28FN3O3/c1-6-28-20-9-7-15(11-18(20)22)13-24-21(23-3)25-14(2)17-12-16(26-4)8-10-19(17)27-5/h7-12,14H,6,13H2,1-5H3,(H2,23,24,25). The third-order valence-corrected chi connectivity index (χ3v) is 4.24. The lowest BCUT2D eigenvalue weighted by atomic mass is 10.1. The fourth-order valence-corrected chi connectivity index (χ4v) is 2.77. The monoisotopic (exact) mass is 389 g/mol. The van der Waals surface area contributed by atoms with E-state index in [1.807, 2.05) is 38.1 Å². The van der Waals surface area contributed by atoms with Crippen LogP contribution in [0.1, 0.15) is 31.0 Å². The zero-order chi connectivity index (χ0) is 20.5. The molecule has 28 heavy (non-hydrogen) atoms. The van der Waals surface area contributed by atoms with Gasteiger partial charge in [0.05, 0.1) is 26.9 Å². The van der Waals surface area contributed by atoms with Gasteiger partial charge in [0, 0.05) is 19.2 Å².